The Labute approximate surface area is 132 Å². The van der Waals surface area contributed by atoms with Crippen molar-refractivity contribution in [2.75, 3.05) is 13.7 Å². The third-order valence-corrected chi connectivity index (χ3v) is 4.17. The van der Waals surface area contributed by atoms with E-state index < -0.39 is 6.04 Å². The van der Waals surface area contributed by atoms with Crippen LogP contribution in [-0.2, 0) is 9.53 Å². The number of ether oxygens (including phenoxy) is 1. The molecule has 2 rings (SSSR count). The second kappa shape index (κ2) is 6.97. The average molecular weight is 326 g/mol. The first-order valence-electron chi connectivity index (χ1n) is 6.54. The van der Waals surface area contributed by atoms with E-state index in [-0.39, 0.29) is 11.9 Å². The summed E-state index contributed by atoms with van der Waals surface area (Å²) in [4.78, 5) is 13.3. The van der Waals surface area contributed by atoms with Crippen LogP contribution < -0.4 is 5.32 Å². The molecule has 0 aromatic carbocycles. The zero-order valence-corrected chi connectivity index (χ0v) is 13.8. The number of nitrogens with one attached hydrogen (secondary N) is 2. The molecular weight excluding hydrogens is 308 g/mol. The lowest BCUT2D eigenvalue weighted by molar-refractivity contribution is -0.124. The van der Waals surface area contributed by atoms with Gasteiger partial charge in [0, 0.05) is 13.2 Å². The summed E-state index contributed by atoms with van der Waals surface area (Å²) in [7, 11) is 1.60. The Morgan fingerprint density at radius 2 is 2.38 bits per heavy atom. The zero-order chi connectivity index (χ0) is 15.4. The van der Waals surface area contributed by atoms with E-state index in [9.17, 15) is 4.79 Å². The Kier molecular flexibility index (Phi) is 5.27. The maximum Gasteiger partial charge on any atom is 0.243 e. The van der Waals surface area contributed by atoms with Gasteiger partial charge in [0.2, 0.25) is 5.91 Å². The lowest BCUT2D eigenvalue weighted by Crippen LogP contribution is -2.39. The number of hydrogen-bond donors (Lipinski definition) is 2. The molecule has 0 aliphatic carbocycles. The molecule has 2 aromatic heterocycles. The van der Waals surface area contributed by atoms with Crippen LogP contribution in [0.3, 0.4) is 0 Å². The van der Waals surface area contributed by atoms with Gasteiger partial charge in [-0.3, -0.25) is 14.5 Å². The fraction of sp³-hybridized carbons (Fsp3) is 0.462. The lowest BCUT2D eigenvalue weighted by Gasteiger charge is -2.18. The van der Waals surface area contributed by atoms with Crippen molar-refractivity contribution in [3.63, 3.8) is 0 Å². The first-order valence-corrected chi connectivity index (χ1v) is 7.83. The minimum absolute atomic E-state index is 0.0591. The molecule has 0 spiro atoms. The second-order valence-electron chi connectivity index (χ2n) is 4.74. The fourth-order valence-electron chi connectivity index (χ4n) is 2.02. The summed E-state index contributed by atoms with van der Waals surface area (Å²) in [6.45, 7) is 4.16. The van der Waals surface area contributed by atoms with Crippen molar-refractivity contribution in [3.8, 4) is 10.7 Å². The van der Waals surface area contributed by atoms with E-state index in [4.69, 9.17) is 17.0 Å². The standard InChI is InChI=1S/C13H18N4O2S2/c1-8(7-19-3)14-12(18)9(2)17-11(15-16-13(17)20)10-5-4-6-21-10/h4-6,8-9H,7H2,1-3H3,(H,14,18)(H,16,20)/t8-,9+/m1/s1. The van der Waals surface area contributed by atoms with Crippen LogP contribution in [0.15, 0.2) is 17.5 Å². The van der Waals surface area contributed by atoms with Crippen LogP contribution in [0.1, 0.15) is 19.9 Å². The highest BCUT2D eigenvalue weighted by molar-refractivity contribution is 7.71. The van der Waals surface area contributed by atoms with E-state index in [1.807, 2.05) is 24.4 Å². The van der Waals surface area contributed by atoms with Gasteiger partial charge in [-0.2, -0.15) is 5.10 Å². The van der Waals surface area contributed by atoms with E-state index in [0.29, 0.717) is 17.2 Å². The minimum atomic E-state index is -0.451. The molecule has 1 amide bonds. The highest BCUT2D eigenvalue weighted by Gasteiger charge is 2.22. The third kappa shape index (κ3) is 3.58. The van der Waals surface area contributed by atoms with Gasteiger partial charge in [0.25, 0.3) is 0 Å². The van der Waals surface area contributed by atoms with Crippen molar-refractivity contribution in [3.05, 3.63) is 22.3 Å². The summed E-state index contributed by atoms with van der Waals surface area (Å²) in [6, 6.07) is 3.38. The zero-order valence-electron chi connectivity index (χ0n) is 12.1. The Balaban J connectivity index is 2.23. The Morgan fingerprint density at radius 3 is 3.00 bits per heavy atom. The molecule has 2 atom stereocenters. The average Bonchev–Trinajstić information content (AvgIpc) is 3.06. The molecular formula is C13H18N4O2S2. The molecule has 0 saturated heterocycles. The van der Waals surface area contributed by atoms with Crippen LogP contribution in [0.2, 0.25) is 0 Å². The second-order valence-corrected chi connectivity index (χ2v) is 6.08. The molecule has 2 aromatic rings. The Morgan fingerprint density at radius 1 is 1.62 bits per heavy atom. The molecule has 0 saturated carbocycles. The number of amides is 1. The van der Waals surface area contributed by atoms with E-state index in [2.05, 4.69) is 15.5 Å². The predicted molar refractivity (Wildman–Crippen MR) is 84.9 cm³/mol. The Hall–Kier alpha value is -1.51. The highest BCUT2D eigenvalue weighted by atomic mass is 32.1. The van der Waals surface area contributed by atoms with Gasteiger partial charge in [0.05, 0.1) is 11.5 Å². The molecule has 0 unspecified atom stereocenters. The quantitative estimate of drug-likeness (QED) is 0.800. The molecule has 2 N–H and O–H groups in total. The van der Waals surface area contributed by atoms with Gasteiger partial charge < -0.3 is 10.1 Å². The molecule has 2 heterocycles. The lowest BCUT2D eigenvalue weighted by atomic mass is 10.2. The number of hydrogen-bond acceptors (Lipinski definition) is 5. The molecule has 8 heteroatoms. The molecule has 0 radical (unpaired) electrons. The van der Waals surface area contributed by atoms with Crippen LogP contribution in [0.25, 0.3) is 10.7 Å². The van der Waals surface area contributed by atoms with Crippen molar-refractivity contribution in [2.45, 2.75) is 25.9 Å². The number of aromatic amines is 1. The van der Waals surface area contributed by atoms with Crippen LogP contribution in [-0.4, -0.2) is 40.4 Å². The topological polar surface area (TPSA) is 71.9 Å². The number of carbonyl (C=O) groups is 1. The smallest absolute Gasteiger partial charge is 0.243 e. The summed E-state index contributed by atoms with van der Waals surface area (Å²) in [5.74, 6) is 0.562. The van der Waals surface area contributed by atoms with Crippen molar-refractivity contribution in [1.29, 1.82) is 0 Å². The van der Waals surface area contributed by atoms with Gasteiger partial charge in [0.15, 0.2) is 10.6 Å². The normalized spacial score (nSPS) is 13.9. The van der Waals surface area contributed by atoms with Gasteiger partial charge in [-0.15, -0.1) is 11.3 Å². The van der Waals surface area contributed by atoms with Crippen LogP contribution >= 0.6 is 23.6 Å². The molecule has 0 fully saturated rings. The number of rotatable bonds is 6. The maximum atomic E-state index is 12.3. The first-order chi connectivity index (χ1) is 10.0. The number of methoxy groups -OCH3 is 1. The molecule has 0 aliphatic rings. The van der Waals surface area contributed by atoms with E-state index in [1.165, 1.54) is 0 Å². The number of H-pyrrole nitrogens is 1. The van der Waals surface area contributed by atoms with Crippen molar-refractivity contribution in [1.82, 2.24) is 20.1 Å². The summed E-state index contributed by atoms with van der Waals surface area (Å²) in [5, 5.41) is 11.8. The molecule has 0 aliphatic heterocycles. The van der Waals surface area contributed by atoms with E-state index in [1.54, 1.807) is 29.9 Å². The molecule has 0 bridgehead atoms. The summed E-state index contributed by atoms with van der Waals surface area (Å²) in [6.07, 6.45) is 0. The van der Waals surface area contributed by atoms with Gasteiger partial charge in [0.1, 0.15) is 6.04 Å². The molecule has 6 nitrogen and oxygen atoms in total. The molecule has 21 heavy (non-hydrogen) atoms. The Bertz CT molecular complexity index is 647. The minimum Gasteiger partial charge on any atom is -0.383 e. The summed E-state index contributed by atoms with van der Waals surface area (Å²) < 4.78 is 7.19. The van der Waals surface area contributed by atoms with Crippen LogP contribution in [0, 0.1) is 4.77 Å². The van der Waals surface area contributed by atoms with Crippen molar-refractivity contribution >= 4 is 29.5 Å². The number of nitrogens with zero attached hydrogens (tertiary/aromatic N) is 2. The third-order valence-electron chi connectivity index (χ3n) is 3.02. The largest absolute Gasteiger partial charge is 0.383 e. The van der Waals surface area contributed by atoms with Crippen LogP contribution in [0.4, 0.5) is 0 Å². The number of thiophene rings is 1. The number of aromatic nitrogens is 3. The van der Waals surface area contributed by atoms with Gasteiger partial charge in [-0.05, 0) is 37.5 Å². The summed E-state index contributed by atoms with van der Waals surface area (Å²) in [5.41, 5.74) is 0. The summed E-state index contributed by atoms with van der Waals surface area (Å²) >= 11 is 6.81. The SMILES string of the molecule is COC[C@@H](C)NC(=O)[C@H](C)n1c(-c2cccs2)n[nH]c1=S. The first kappa shape index (κ1) is 15.9. The molecule has 114 valence electrons. The van der Waals surface area contributed by atoms with Crippen LogP contribution in [0.5, 0.6) is 0 Å². The van der Waals surface area contributed by atoms with E-state index >= 15 is 0 Å². The fourth-order valence-corrected chi connectivity index (χ4v) is 3.02. The predicted octanol–water partition coefficient (Wildman–Crippen LogP) is 2.38. The van der Waals surface area contributed by atoms with Crippen molar-refractivity contribution in [2.24, 2.45) is 0 Å². The maximum absolute atomic E-state index is 12.3. The van der Waals surface area contributed by atoms with Gasteiger partial charge >= 0.3 is 0 Å². The highest BCUT2D eigenvalue weighted by Crippen LogP contribution is 2.25. The number of carbonyl (C=O) groups excluding carboxylic acids is 1. The van der Waals surface area contributed by atoms with Crippen molar-refractivity contribution < 1.29 is 9.53 Å². The van der Waals surface area contributed by atoms with Gasteiger partial charge in [-0.1, -0.05) is 6.07 Å². The van der Waals surface area contributed by atoms with Gasteiger partial charge in [-0.25, -0.2) is 0 Å². The van der Waals surface area contributed by atoms with E-state index in [0.717, 1.165) is 4.88 Å². The monoisotopic (exact) mass is 326 g/mol.